The average molecular weight is 388 g/mol. The van der Waals surface area contributed by atoms with Crippen molar-refractivity contribution in [2.45, 2.75) is 6.54 Å². The molecule has 0 radical (unpaired) electrons. The number of hydrogen-bond donors (Lipinski definition) is 0. The lowest BCUT2D eigenvalue weighted by Crippen LogP contribution is -2.46. The number of halogens is 2. The smallest absolute Gasteiger partial charge is 0.159 e. The lowest BCUT2D eigenvalue weighted by Gasteiger charge is -2.36. The lowest BCUT2D eigenvalue weighted by molar-refractivity contribution is 0.249. The minimum Gasteiger partial charge on any atom is -0.354 e. The van der Waals surface area contributed by atoms with Gasteiger partial charge in [-0.3, -0.25) is 4.90 Å². The molecular weight excluding hydrogens is 362 g/mol. The van der Waals surface area contributed by atoms with Crippen molar-refractivity contribution in [1.82, 2.24) is 19.8 Å². The Morgan fingerprint density at radius 3 is 2.00 bits per heavy atom. The van der Waals surface area contributed by atoms with Gasteiger partial charge < -0.3 is 14.7 Å². The van der Waals surface area contributed by atoms with E-state index >= 15 is 0 Å². The van der Waals surface area contributed by atoms with Crippen LogP contribution in [0.3, 0.4) is 0 Å². The van der Waals surface area contributed by atoms with E-state index < -0.39 is 11.6 Å². The summed E-state index contributed by atoms with van der Waals surface area (Å²) in [5.74, 6) is 0.362. The van der Waals surface area contributed by atoms with Crippen LogP contribution in [0.4, 0.5) is 20.4 Å². The van der Waals surface area contributed by atoms with Crippen LogP contribution in [-0.4, -0.2) is 79.2 Å². The monoisotopic (exact) mass is 388 g/mol. The van der Waals surface area contributed by atoms with Gasteiger partial charge in [0.15, 0.2) is 11.6 Å². The van der Waals surface area contributed by atoms with E-state index in [-0.39, 0.29) is 0 Å². The van der Waals surface area contributed by atoms with Crippen molar-refractivity contribution in [1.29, 1.82) is 0 Å². The van der Waals surface area contributed by atoms with Crippen LogP contribution in [0.2, 0.25) is 0 Å². The molecule has 1 aromatic heterocycles. The van der Waals surface area contributed by atoms with Gasteiger partial charge in [-0.25, -0.2) is 18.7 Å². The third kappa shape index (κ3) is 4.39. The van der Waals surface area contributed by atoms with Gasteiger partial charge in [-0.1, -0.05) is 6.07 Å². The average Bonchev–Trinajstić information content (AvgIpc) is 2.72. The normalized spacial score (nSPS) is 19.2. The van der Waals surface area contributed by atoms with Crippen molar-refractivity contribution >= 4 is 11.6 Å². The summed E-state index contributed by atoms with van der Waals surface area (Å²) in [5.41, 5.74) is 0.798. The molecule has 4 rings (SSSR count). The van der Waals surface area contributed by atoms with Gasteiger partial charge >= 0.3 is 0 Å². The fourth-order valence-corrected chi connectivity index (χ4v) is 3.75. The predicted octanol–water partition coefficient (Wildman–Crippen LogP) is 1.83. The molecule has 2 aliphatic heterocycles. The maximum Gasteiger partial charge on any atom is 0.159 e. The minimum absolute atomic E-state index is 0.626. The molecule has 0 atom stereocenters. The van der Waals surface area contributed by atoms with Gasteiger partial charge in [0.1, 0.15) is 18.0 Å². The summed E-state index contributed by atoms with van der Waals surface area (Å²) in [6, 6.07) is 6.21. The topological polar surface area (TPSA) is 38.7 Å². The number of aromatic nitrogens is 2. The van der Waals surface area contributed by atoms with Crippen LogP contribution < -0.4 is 9.80 Å². The fourth-order valence-electron chi connectivity index (χ4n) is 3.75. The van der Waals surface area contributed by atoms with E-state index in [9.17, 15) is 8.78 Å². The van der Waals surface area contributed by atoms with E-state index in [0.717, 1.165) is 69.6 Å². The molecule has 2 fully saturated rings. The van der Waals surface area contributed by atoms with Gasteiger partial charge in [0.25, 0.3) is 0 Å². The zero-order valence-electron chi connectivity index (χ0n) is 16.2. The molecule has 0 unspecified atom stereocenters. The molecule has 0 saturated carbocycles. The Kier molecular flexibility index (Phi) is 5.68. The number of hydrogen-bond acceptors (Lipinski definition) is 6. The summed E-state index contributed by atoms with van der Waals surface area (Å²) in [6.07, 6.45) is 1.65. The van der Waals surface area contributed by atoms with Gasteiger partial charge in [0.05, 0.1) is 0 Å². The van der Waals surface area contributed by atoms with Crippen LogP contribution in [-0.2, 0) is 6.54 Å². The van der Waals surface area contributed by atoms with E-state index in [1.807, 2.05) is 0 Å². The molecule has 3 heterocycles. The summed E-state index contributed by atoms with van der Waals surface area (Å²) < 4.78 is 26.5. The standard InChI is InChI=1S/C20H26F2N6/c1-25-4-8-27(9-5-25)19-13-20(24-15-23-19)28-10-6-26(7-11-28)14-16-2-3-17(21)18(22)12-16/h2-3,12-13,15H,4-11,14H2,1H3. The van der Waals surface area contributed by atoms with Gasteiger partial charge in [-0.15, -0.1) is 0 Å². The van der Waals surface area contributed by atoms with Crippen LogP contribution in [0.15, 0.2) is 30.6 Å². The summed E-state index contributed by atoms with van der Waals surface area (Å²) in [4.78, 5) is 18.1. The van der Waals surface area contributed by atoms with Gasteiger partial charge in [-0.05, 0) is 24.7 Å². The summed E-state index contributed by atoms with van der Waals surface area (Å²) in [6.45, 7) is 8.08. The molecule has 2 aliphatic rings. The number of piperazine rings is 2. The fraction of sp³-hybridized carbons (Fsp3) is 0.500. The molecule has 28 heavy (non-hydrogen) atoms. The number of anilines is 2. The Balaban J connectivity index is 1.34. The lowest BCUT2D eigenvalue weighted by atomic mass is 10.2. The first-order valence-electron chi connectivity index (χ1n) is 9.75. The number of nitrogens with zero attached hydrogens (tertiary/aromatic N) is 6. The van der Waals surface area contributed by atoms with Crippen LogP contribution in [0.5, 0.6) is 0 Å². The van der Waals surface area contributed by atoms with Crippen molar-refractivity contribution in [2.75, 3.05) is 69.2 Å². The van der Waals surface area contributed by atoms with Crippen molar-refractivity contribution in [3.63, 3.8) is 0 Å². The molecule has 2 saturated heterocycles. The third-order valence-corrected chi connectivity index (χ3v) is 5.55. The van der Waals surface area contributed by atoms with Crippen LogP contribution in [0.25, 0.3) is 0 Å². The van der Waals surface area contributed by atoms with Crippen LogP contribution in [0.1, 0.15) is 5.56 Å². The summed E-state index contributed by atoms with van der Waals surface area (Å²) in [7, 11) is 2.14. The van der Waals surface area contributed by atoms with E-state index in [2.05, 4.69) is 42.7 Å². The SMILES string of the molecule is CN1CCN(c2cc(N3CCN(Cc4ccc(F)c(F)c4)CC3)ncn2)CC1. The highest BCUT2D eigenvalue weighted by Crippen LogP contribution is 2.21. The Labute approximate surface area is 164 Å². The van der Waals surface area contributed by atoms with E-state index in [1.54, 1.807) is 12.4 Å². The Hall–Kier alpha value is -2.32. The second kappa shape index (κ2) is 8.36. The van der Waals surface area contributed by atoms with Gasteiger partial charge in [-0.2, -0.15) is 0 Å². The molecule has 0 N–H and O–H groups in total. The Morgan fingerprint density at radius 2 is 1.39 bits per heavy atom. The highest BCUT2D eigenvalue weighted by atomic mass is 19.2. The quantitative estimate of drug-likeness (QED) is 0.796. The first-order chi connectivity index (χ1) is 13.6. The highest BCUT2D eigenvalue weighted by Gasteiger charge is 2.21. The van der Waals surface area contributed by atoms with Crippen molar-refractivity contribution in [3.8, 4) is 0 Å². The Morgan fingerprint density at radius 1 is 0.786 bits per heavy atom. The number of likely N-dealkylation sites (N-methyl/N-ethyl adjacent to an activating group) is 1. The van der Waals surface area contributed by atoms with Crippen LogP contribution >= 0.6 is 0 Å². The minimum atomic E-state index is -0.798. The summed E-state index contributed by atoms with van der Waals surface area (Å²) >= 11 is 0. The van der Waals surface area contributed by atoms with E-state index in [1.165, 1.54) is 12.1 Å². The third-order valence-electron chi connectivity index (χ3n) is 5.55. The molecule has 0 aliphatic carbocycles. The second-order valence-corrected chi connectivity index (χ2v) is 7.54. The molecule has 150 valence electrons. The van der Waals surface area contributed by atoms with E-state index in [4.69, 9.17) is 0 Å². The molecule has 0 bridgehead atoms. The van der Waals surface area contributed by atoms with Crippen molar-refractivity contribution in [3.05, 3.63) is 47.8 Å². The largest absolute Gasteiger partial charge is 0.354 e. The van der Waals surface area contributed by atoms with E-state index in [0.29, 0.717) is 6.54 Å². The molecule has 6 nitrogen and oxygen atoms in total. The molecular formula is C20H26F2N6. The molecule has 8 heteroatoms. The maximum atomic E-state index is 13.4. The maximum absolute atomic E-state index is 13.4. The molecule has 1 aromatic carbocycles. The number of rotatable bonds is 4. The van der Waals surface area contributed by atoms with Gasteiger partial charge in [0.2, 0.25) is 0 Å². The van der Waals surface area contributed by atoms with Crippen molar-refractivity contribution < 1.29 is 8.78 Å². The summed E-state index contributed by atoms with van der Waals surface area (Å²) in [5, 5.41) is 0. The Bertz CT molecular complexity index is 801. The molecule has 2 aromatic rings. The first kappa shape index (κ1) is 19.0. The zero-order chi connectivity index (χ0) is 19.5. The zero-order valence-corrected chi connectivity index (χ0v) is 16.2. The highest BCUT2D eigenvalue weighted by molar-refractivity contribution is 5.50. The predicted molar refractivity (Wildman–Crippen MR) is 106 cm³/mol. The molecule has 0 spiro atoms. The van der Waals surface area contributed by atoms with Crippen LogP contribution in [0, 0.1) is 11.6 Å². The molecule has 0 amide bonds. The van der Waals surface area contributed by atoms with Crippen molar-refractivity contribution in [2.24, 2.45) is 0 Å². The number of benzene rings is 1. The first-order valence-corrected chi connectivity index (χ1v) is 9.75. The van der Waals surface area contributed by atoms with Gasteiger partial charge in [0, 0.05) is 65.0 Å². The second-order valence-electron chi connectivity index (χ2n) is 7.54.